The van der Waals surface area contributed by atoms with Crippen LogP contribution in [0, 0.1) is 0 Å². The second kappa shape index (κ2) is 11.1. The van der Waals surface area contributed by atoms with Gasteiger partial charge in [-0.05, 0) is 59.8 Å². The van der Waals surface area contributed by atoms with E-state index >= 15 is 0 Å². The molecule has 0 aliphatic heterocycles. The summed E-state index contributed by atoms with van der Waals surface area (Å²) in [5.41, 5.74) is -0.547. The third kappa shape index (κ3) is 7.85. The Hall–Kier alpha value is -0.610. The zero-order valence-electron chi connectivity index (χ0n) is 14.1. The highest BCUT2D eigenvalue weighted by Gasteiger charge is 2.33. The van der Waals surface area contributed by atoms with Crippen LogP contribution in [-0.2, 0) is 9.53 Å². The molecule has 0 aromatic carbocycles. The zero-order chi connectivity index (χ0) is 15.4. The average molecular weight is 286 g/mol. The maximum Gasteiger partial charge on any atom is 0.326 e. The number of nitrogens with one attached hydrogen (secondary N) is 1. The highest BCUT2D eigenvalue weighted by Crippen LogP contribution is 2.15. The molecule has 0 aliphatic carbocycles. The number of ether oxygens (including phenoxy) is 1. The van der Waals surface area contributed by atoms with Gasteiger partial charge in [-0.15, -0.1) is 0 Å². The van der Waals surface area contributed by atoms with E-state index in [0.29, 0.717) is 6.61 Å². The van der Waals surface area contributed by atoms with Crippen molar-refractivity contribution in [1.82, 2.24) is 10.2 Å². The quantitative estimate of drug-likeness (QED) is 0.442. The van der Waals surface area contributed by atoms with Crippen molar-refractivity contribution in [2.24, 2.45) is 0 Å². The van der Waals surface area contributed by atoms with Gasteiger partial charge in [0.1, 0.15) is 5.54 Å². The molecule has 0 saturated carbocycles. The molecule has 1 atom stereocenters. The van der Waals surface area contributed by atoms with Gasteiger partial charge in [-0.2, -0.15) is 0 Å². The van der Waals surface area contributed by atoms with Crippen molar-refractivity contribution in [3.63, 3.8) is 0 Å². The van der Waals surface area contributed by atoms with Gasteiger partial charge < -0.3 is 15.0 Å². The van der Waals surface area contributed by atoms with Crippen molar-refractivity contribution >= 4 is 5.97 Å². The molecule has 1 N–H and O–H groups in total. The molecule has 1 unspecified atom stereocenters. The second-order valence-electron chi connectivity index (χ2n) is 5.70. The lowest BCUT2D eigenvalue weighted by Gasteiger charge is -2.29. The van der Waals surface area contributed by atoms with Gasteiger partial charge in [0.15, 0.2) is 0 Å². The van der Waals surface area contributed by atoms with Crippen LogP contribution in [0.5, 0.6) is 0 Å². The Morgan fingerprint density at radius 2 is 1.80 bits per heavy atom. The van der Waals surface area contributed by atoms with Gasteiger partial charge in [-0.1, -0.05) is 26.7 Å². The molecule has 4 nitrogen and oxygen atoms in total. The number of carbonyl (C=O) groups is 1. The number of likely N-dealkylation sites (N-methyl/N-ethyl adjacent to an activating group) is 1. The first kappa shape index (κ1) is 19.4. The first-order valence-electron chi connectivity index (χ1n) is 8.11. The van der Waals surface area contributed by atoms with Gasteiger partial charge in [-0.3, -0.25) is 4.79 Å². The molecular formula is C16H34N2O2. The molecule has 4 heteroatoms. The molecular weight excluding hydrogens is 252 g/mol. The Morgan fingerprint density at radius 3 is 2.35 bits per heavy atom. The summed E-state index contributed by atoms with van der Waals surface area (Å²) in [5.74, 6) is -0.129. The summed E-state index contributed by atoms with van der Waals surface area (Å²) >= 11 is 0. The van der Waals surface area contributed by atoms with Crippen molar-refractivity contribution < 1.29 is 9.53 Å². The lowest BCUT2D eigenvalue weighted by molar-refractivity contribution is -0.150. The summed E-state index contributed by atoms with van der Waals surface area (Å²) < 4.78 is 5.18. The minimum Gasteiger partial charge on any atom is -0.465 e. The Morgan fingerprint density at radius 1 is 1.15 bits per heavy atom. The topological polar surface area (TPSA) is 41.6 Å². The number of carbonyl (C=O) groups excluding carboxylic acids is 1. The molecule has 0 radical (unpaired) electrons. The number of hydrogen-bond acceptors (Lipinski definition) is 4. The molecule has 0 aromatic rings. The fourth-order valence-electron chi connectivity index (χ4n) is 2.39. The first-order chi connectivity index (χ1) is 9.50. The van der Waals surface area contributed by atoms with Gasteiger partial charge in [0.2, 0.25) is 0 Å². The van der Waals surface area contributed by atoms with Crippen LogP contribution in [0.4, 0.5) is 0 Å². The van der Waals surface area contributed by atoms with Crippen molar-refractivity contribution in [3.05, 3.63) is 0 Å². The molecule has 0 saturated heterocycles. The van der Waals surface area contributed by atoms with E-state index in [2.05, 4.69) is 24.2 Å². The van der Waals surface area contributed by atoms with E-state index in [-0.39, 0.29) is 5.97 Å². The maximum absolute atomic E-state index is 12.0. The van der Waals surface area contributed by atoms with Crippen LogP contribution >= 0.6 is 0 Å². The van der Waals surface area contributed by atoms with Crippen molar-refractivity contribution in [1.29, 1.82) is 0 Å². The number of rotatable bonds is 12. The number of unbranched alkanes of at least 4 members (excludes halogenated alkanes) is 2. The molecule has 0 heterocycles. The zero-order valence-corrected chi connectivity index (χ0v) is 14.1. The number of esters is 1. The maximum atomic E-state index is 12.0. The molecule has 0 aliphatic rings. The second-order valence-corrected chi connectivity index (χ2v) is 5.70. The minimum atomic E-state index is -0.547. The SMILES string of the molecule is CCCCCN(C)CCCC(C)(NCC)C(=O)OCC. The van der Waals surface area contributed by atoms with Gasteiger partial charge in [0.05, 0.1) is 6.61 Å². The summed E-state index contributed by atoms with van der Waals surface area (Å²) in [5, 5.41) is 3.28. The Labute approximate surface area is 125 Å². The van der Waals surface area contributed by atoms with Gasteiger partial charge in [0, 0.05) is 0 Å². The predicted molar refractivity (Wildman–Crippen MR) is 85.0 cm³/mol. The number of nitrogens with zero attached hydrogens (tertiary/aromatic N) is 1. The Balaban J connectivity index is 4.10. The van der Waals surface area contributed by atoms with Gasteiger partial charge in [-0.25, -0.2) is 0 Å². The molecule has 0 bridgehead atoms. The number of hydrogen-bond donors (Lipinski definition) is 1. The summed E-state index contributed by atoms with van der Waals surface area (Å²) in [7, 11) is 2.16. The third-order valence-electron chi connectivity index (χ3n) is 3.65. The van der Waals surface area contributed by atoms with Crippen LogP contribution in [0.25, 0.3) is 0 Å². The highest BCUT2D eigenvalue weighted by molar-refractivity contribution is 5.80. The van der Waals surface area contributed by atoms with E-state index in [1.54, 1.807) is 0 Å². The van der Waals surface area contributed by atoms with Crippen LogP contribution in [0.3, 0.4) is 0 Å². The van der Waals surface area contributed by atoms with Crippen molar-refractivity contribution in [3.8, 4) is 0 Å². The smallest absolute Gasteiger partial charge is 0.326 e. The van der Waals surface area contributed by atoms with Crippen LogP contribution in [-0.4, -0.2) is 49.7 Å². The van der Waals surface area contributed by atoms with E-state index in [0.717, 1.165) is 32.5 Å². The normalized spacial score (nSPS) is 14.3. The van der Waals surface area contributed by atoms with Gasteiger partial charge >= 0.3 is 5.97 Å². The van der Waals surface area contributed by atoms with E-state index in [9.17, 15) is 4.79 Å². The van der Waals surface area contributed by atoms with Crippen LogP contribution < -0.4 is 5.32 Å². The van der Waals surface area contributed by atoms with E-state index in [4.69, 9.17) is 4.74 Å². The third-order valence-corrected chi connectivity index (χ3v) is 3.65. The fraction of sp³-hybridized carbons (Fsp3) is 0.938. The molecule has 20 heavy (non-hydrogen) atoms. The molecule has 0 fully saturated rings. The summed E-state index contributed by atoms with van der Waals surface area (Å²) in [6, 6.07) is 0. The van der Waals surface area contributed by atoms with Crippen LogP contribution in [0.1, 0.15) is 59.8 Å². The van der Waals surface area contributed by atoms with E-state index < -0.39 is 5.54 Å². The lowest BCUT2D eigenvalue weighted by atomic mass is 9.95. The van der Waals surface area contributed by atoms with Crippen molar-refractivity contribution in [2.75, 3.05) is 33.3 Å². The van der Waals surface area contributed by atoms with E-state index in [1.165, 1.54) is 19.3 Å². The molecule has 0 aromatic heterocycles. The predicted octanol–water partition coefficient (Wildman–Crippen LogP) is 2.82. The van der Waals surface area contributed by atoms with Crippen LogP contribution in [0.15, 0.2) is 0 Å². The monoisotopic (exact) mass is 286 g/mol. The summed E-state index contributed by atoms with van der Waals surface area (Å²) in [6.07, 6.45) is 5.63. The molecule has 0 amide bonds. The largest absolute Gasteiger partial charge is 0.465 e. The Kier molecular flexibility index (Phi) is 10.8. The molecule has 120 valence electrons. The lowest BCUT2D eigenvalue weighted by Crippen LogP contribution is -2.50. The van der Waals surface area contributed by atoms with Crippen LogP contribution in [0.2, 0.25) is 0 Å². The minimum absolute atomic E-state index is 0.129. The van der Waals surface area contributed by atoms with E-state index in [1.807, 2.05) is 20.8 Å². The molecule has 0 rings (SSSR count). The first-order valence-corrected chi connectivity index (χ1v) is 8.11. The Bertz CT molecular complexity index is 259. The van der Waals surface area contributed by atoms with Crippen molar-refractivity contribution in [2.45, 2.75) is 65.3 Å². The fourth-order valence-corrected chi connectivity index (χ4v) is 2.39. The summed E-state index contributed by atoms with van der Waals surface area (Å²) in [4.78, 5) is 14.4. The summed E-state index contributed by atoms with van der Waals surface area (Å²) in [6.45, 7) is 11.4. The standard InChI is InChI=1S/C16H34N2O2/c1-6-9-10-13-18(5)14-11-12-16(4,17-7-2)15(19)20-8-3/h17H,6-14H2,1-5H3. The molecule has 0 spiro atoms. The highest BCUT2D eigenvalue weighted by atomic mass is 16.5. The average Bonchev–Trinajstić information content (AvgIpc) is 2.39. The van der Waals surface area contributed by atoms with Gasteiger partial charge in [0.25, 0.3) is 0 Å².